The molecule has 76 valence electrons. The van der Waals surface area contributed by atoms with Crippen LogP contribution in [0.5, 0.6) is 0 Å². The molecule has 0 saturated heterocycles. The molecule has 1 atom stereocenters. The molecule has 1 rings (SSSR count). The highest BCUT2D eigenvalue weighted by Gasteiger charge is 2.22. The van der Waals surface area contributed by atoms with Crippen LogP contribution in [-0.4, -0.2) is 23.8 Å². The van der Waals surface area contributed by atoms with Gasteiger partial charge in [-0.3, -0.25) is 0 Å². The van der Waals surface area contributed by atoms with Crippen LogP contribution in [-0.2, 0) is 10.0 Å². The molecule has 1 heterocycles. The predicted octanol–water partition coefficient (Wildman–Crippen LogP) is 0.0318. The van der Waals surface area contributed by atoms with Crippen molar-refractivity contribution in [2.75, 3.05) is 4.72 Å². The van der Waals surface area contributed by atoms with Crippen molar-refractivity contribution in [2.24, 2.45) is 0 Å². The van der Waals surface area contributed by atoms with Gasteiger partial charge in [0.15, 0.2) is 11.1 Å². The molecule has 0 saturated carbocycles. The van der Waals surface area contributed by atoms with Crippen LogP contribution in [0.3, 0.4) is 0 Å². The first-order valence-electron chi connectivity index (χ1n) is 3.67. The van der Waals surface area contributed by atoms with Crippen molar-refractivity contribution < 1.29 is 12.9 Å². The fourth-order valence-electron chi connectivity index (χ4n) is 0.618. The lowest BCUT2D eigenvalue weighted by molar-refractivity contribution is 0.429. The second-order valence-electron chi connectivity index (χ2n) is 2.57. The Morgan fingerprint density at radius 2 is 2.29 bits per heavy atom. The fourth-order valence-corrected chi connectivity index (χ4v) is 1.26. The van der Waals surface area contributed by atoms with Crippen molar-refractivity contribution in [3.63, 3.8) is 0 Å². The second kappa shape index (κ2) is 3.63. The van der Waals surface area contributed by atoms with Crippen LogP contribution < -0.4 is 4.72 Å². The summed E-state index contributed by atoms with van der Waals surface area (Å²) in [4.78, 5) is 3.64. The van der Waals surface area contributed by atoms with Crippen molar-refractivity contribution in [1.82, 2.24) is 10.1 Å². The van der Waals surface area contributed by atoms with Crippen LogP contribution in [0.15, 0.2) is 4.52 Å². The first kappa shape index (κ1) is 10.5. The van der Waals surface area contributed by atoms with Gasteiger partial charge in [0.2, 0.25) is 0 Å². The summed E-state index contributed by atoms with van der Waals surface area (Å²) in [7, 11) is -3.76. The van der Waals surface area contributed by atoms with Gasteiger partial charge in [-0.1, -0.05) is 5.16 Å². The lowest BCUT2D eigenvalue weighted by atomic mass is 10.5. The summed E-state index contributed by atoms with van der Waals surface area (Å²) in [6.07, 6.45) is 0. The van der Waals surface area contributed by atoms with E-state index < -0.39 is 15.3 Å². The number of rotatable bonds is 3. The number of nitrogens with one attached hydrogen (secondary N) is 1. The minimum absolute atomic E-state index is 0.232. The summed E-state index contributed by atoms with van der Waals surface area (Å²) in [5.74, 6) is 0.312. The average Bonchev–Trinajstić information content (AvgIpc) is 2.48. The molecule has 0 amide bonds. The number of sulfonamides is 1. The van der Waals surface area contributed by atoms with Gasteiger partial charge in [-0.2, -0.15) is 10.2 Å². The monoisotopic (exact) mass is 216 g/mol. The molecule has 7 nitrogen and oxygen atoms in total. The van der Waals surface area contributed by atoms with E-state index in [-0.39, 0.29) is 6.01 Å². The normalized spacial score (nSPS) is 13.2. The van der Waals surface area contributed by atoms with Crippen LogP contribution >= 0.6 is 0 Å². The molecule has 0 fully saturated rings. The lowest BCUT2D eigenvalue weighted by Gasteiger charge is -2.03. The van der Waals surface area contributed by atoms with Crippen molar-refractivity contribution >= 4 is 16.0 Å². The van der Waals surface area contributed by atoms with Crippen LogP contribution in [0.1, 0.15) is 12.7 Å². The quantitative estimate of drug-likeness (QED) is 0.763. The number of hydrogen-bond acceptors (Lipinski definition) is 6. The Morgan fingerprint density at radius 3 is 2.71 bits per heavy atom. The fraction of sp³-hybridized carbons (Fsp3) is 0.500. The van der Waals surface area contributed by atoms with E-state index in [2.05, 4.69) is 14.7 Å². The van der Waals surface area contributed by atoms with E-state index in [1.807, 2.05) is 4.72 Å². The minimum Gasteiger partial charge on any atom is -0.314 e. The average molecular weight is 216 g/mol. The van der Waals surface area contributed by atoms with Crippen molar-refractivity contribution in [1.29, 1.82) is 5.26 Å². The molecule has 0 aliphatic heterocycles. The third kappa shape index (κ3) is 2.20. The third-order valence-electron chi connectivity index (χ3n) is 1.40. The Kier molecular flexibility index (Phi) is 2.71. The molecule has 8 heteroatoms. The summed E-state index contributed by atoms with van der Waals surface area (Å²) in [5.41, 5.74) is 0. The van der Waals surface area contributed by atoms with Crippen LogP contribution in [0.4, 0.5) is 6.01 Å². The Morgan fingerprint density at radius 1 is 1.64 bits per heavy atom. The van der Waals surface area contributed by atoms with Crippen molar-refractivity contribution in [3.8, 4) is 6.07 Å². The molecule has 1 N–H and O–H groups in total. The summed E-state index contributed by atoms with van der Waals surface area (Å²) in [6.45, 7) is 2.81. The molecular formula is C6H8N4O3S. The van der Waals surface area contributed by atoms with E-state index in [4.69, 9.17) is 5.26 Å². The molecule has 0 spiro atoms. The molecule has 0 aliphatic rings. The SMILES string of the molecule is Cc1noc(NS(=O)(=O)C(C)C#N)n1. The highest BCUT2D eigenvalue weighted by Crippen LogP contribution is 2.08. The molecule has 0 radical (unpaired) electrons. The molecule has 1 aromatic rings. The highest BCUT2D eigenvalue weighted by atomic mass is 32.2. The predicted molar refractivity (Wildman–Crippen MR) is 46.7 cm³/mol. The summed E-state index contributed by atoms with van der Waals surface area (Å²) >= 11 is 0. The second-order valence-corrected chi connectivity index (χ2v) is 4.57. The minimum atomic E-state index is -3.76. The number of aromatic nitrogens is 2. The smallest absolute Gasteiger partial charge is 0.314 e. The highest BCUT2D eigenvalue weighted by molar-refractivity contribution is 7.93. The van der Waals surface area contributed by atoms with E-state index in [0.717, 1.165) is 0 Å². The van der Waals surface area contributed by atoms with E-state index in [1.165, 1.54) is 6.92 Å². The first-order chi connectivity index (χ1) is 6.45. The number of nitrogens with zero attached hydrogens (tertiary/aromatic N) is 3. The van der Waals surface area contributed by atoms with E-state index in [0.29, 0.717) is 5.82 Å². The van der Waals surface area contributed by atoms with Crippen LogP contribution in [0.25, 0.3) is 0 Å². The van der Waals surface area contributed by atoms with E-state index in [9.17, 15) is 8.42 Å². The number of aryl methyl sites for hydroxylation is 1. The standard InChI is InChI=1S/C6H8N4O3S/c1-4(3-7)14(11,12)10-6-8-5(2)9-13-6/h4H,1-2H3,(H,8,9,10). The van der Waals surface area contributed by atoms with Gasteiger partial charge < -0.3 is 4.52 Å². The summed E-state index contributed by atoms with van der Waals surface area (Å²) < 4.78 is 29.1. The zero-order valence-electron chi connectivity index (χ0n) is 7.55. The number of nitriles is 1. The van der Waals surface area contributed by atoms with Gasteiger partial charge in [-0.15, -0.1) is 0 Å². The maximum atomic E-state index is 11.3. The Labute approximate surface area is 80.8 Å². The van der Waals surface area contributed by atoms with Gasteiger partial charge >= 0.3 is 6.01 Å². The molecule has 0 bridgehead atoms. The summed E-state index contributed by atoms with van der Waals surface area (Å²) in [5, 5.41) is 10.6. The van der Waals surface area contributed by atoms with Gasteiger partial charge in [0.05, 0.1) is 6.07 Å². The largest absolute Gasteiger partial charge is 0.335 e. The van der Waals surface area contributed by atoms with Gasteiger partial charge in [0, 0.05) is 0 Å². The maximum absolute atomic E-state index is 11.3. The topological polar surface area (TPSA) is 109 Å². The molecule has 1 unspecified atom stereocenters. The zero-order chi connectivity index (χ0) is 10.8. The van der Waals surface area contributed by atoms with Gasteiger partial charge in [-0.05, 0) is 13.8 Å². The van der Waals surface area contributed by atoms with Gasteiger partial charge in [-0.25, -0.2) is 13.1 Å². The van der Waals surface area contributed by atoms with Crippen LogP contribution in [0.2, 0.25) is 0 Å². The molecule has 0 aromatic carbocycles. The van der Waals surface area contributed by atoms with Crippen molar-refractivity contribution in [2.45, 2.75) is 19.1 Å². The number of anilines is 1. The molecule has 1 aromatic heterocycles. The van der Waals surface area contributed by atoms with E-state index in [1.54, 1.807) is 13.0 Å². The number of hydrogen-bond donors (Lipinski definition) is 1. The molecule has 0 aliphatic carbocycles. The first-order valence-corrected chi connectivity index (χ1v) is 5.22. The third-order valence-corrected chi connectivity index (χ3v) is 2.90. The Bertz CT molecular complexity index is 458. The van der Waals surface area contributed by atoms with Crippen molar-refractivity contribution in [3.05, 3.63) is 5.82 Å². The zero-order valence-corrected chi connectivity index (χ0v) is 8.37. The van der Waals surface area contributed by atoms with Crippen LogP contribution in [0, 0.1) is 18.3 Å². The Balaban J connectivity index is 2.85. The maximum Gasteiger partial charge on any atom is 0.335 e. The molecular weight excluding hydrogens is 208 g/mol. The lowest BCUT2D eigenvalue weighted by Crippen LogP contribution is -2.23. The molecule has 14 heavy (non-hydrogen) atoms. The van der Waals surface area contributed by atoms with Gasteiger partial charge in [0.1, 0.15) is 0 Å². The summed E-state index contributed by atoms with van der Waals surface area (Å²) in [6, 6.07) is 1.36. The van der Waals surface area contributed by atoms with E-state index >= 15 is 0 Å². The van der Waals surface area contributed by atoms with Gasteiger partial charge in [0.25, 0.3) is 10.0 Å². The Hall–Kier alpha value is -1.62.